The molecular weight excluding hydrogens is 641 g/mol. The van der Waals surface area contributed by atoms with Gasteiger partial charge in [0.25, 0.3) is 0 Å². The van der Waals surface area contributed by atoms with Gasteiger partial charge in [0.15, 0.2) is 0 Å². The zero-order valence-electron chi connectivity index (χ0n) is 27.3. The molecule has 12 heteroatoms. The van der Waals surface area contributed by atoms with Crippen LogP contribution in [0.3, 0.4) is 0 Å². The Balaban J connectivity index is 1.22. The van der Waals surface area contributed by atoms with Crippen molar-refractivity contribution in [2.24, 2.45) is 0 Å². The highest BCUT2D eigenvalue weighted by Gasteiger charge is 2.25. The van der Waals surface area contributed by atoms with Gasteiger partial charge in [0.1, 0.15) is 11.5 Å². The Morgan fingerprint density at radius 2 is 1.16 bits per heavy atom. The van der Waals surface area contributed by atoms with Crippen molar-refractivity contribution in [1.82, 2.24) is 0 Å². The summed E-state index contributed by atoms with van der Waals surface area (Å²) in [5.41, 5.74) is 13.6. The van der Waals surface area contributed by atoms with Crippen LogP contribution in [0.1, 0.15) is 90.5 Å². The van der Waals surface area contributed by atoms with Crippen LogP contribution in [0.25, 0.3) is 6.08 Å². The predicted octanol–water partition coefficient (Wildman–Crippen LogP) is 8.33. The van der Waals surface area contributed by atoms with Crippen LogP contribution in [0.4, 0.5) is 24.5 Å². The molecule has 9 nitrogen and oxygen atoms in total. The summed E-state index contributed by atoms with van der Waals surface area (Å²) in [6.07, 6.45) is 4.28. The van der Waals surface area contributed by atoms with Gasteiger partial charge in [-0.3, -0.25) is 0 Å². The Labute approximate surface area is 284 Å². The van der Waals surface area contributed by atoms with Crippen LogP contribution >= 0.6 is 0 Å². The summed E-state index contributed by atoms with van der Waals surface area (Å²) in [4.78, 5) is 36.6. The first-order valence-corrected chi connectivity index (χ1v) is 16.3. The third-order valence-corrected chi connectivity index (χ3v) is 7.20. The van der Waals surface area contributed by atoms with E-state index in [1.165, 1.54) is 18.2 Å². The lowest BCUT2D eigenvalue weighted by Gasteiger charge is -2.08. The average molecular weight is 685 g/mol. The van der Waals surface area contributed by atoms with E-state index in [1.807, 2.05) is 0 Å². The number of rotatable bonds is 20. The Bertz CT molecular complexity index is 1490. The predicted molar refractivity (Wildman–Crippen MR) is 181 cm³/mol. The van der Waals surface area contributed by atoms with Gasteiger partial charge in [-0.25, -0.2) is 14.4 Å². The molecule has 0 aliphatic carbocycles. The van der Waals surface area contributed by atoms with Gasteiger partial charge in [-0.05, 0) is 98.3 Å². The van der Waals surface area contributed by atoms with Gasteiger partial charge in [0.2, 0.25) is 0 Å². The molecule has 0 spiro atoms. The molecule has 0 saturated carbocycles. The van der Waals surface area contributed by atoms with E-state index in [2.05, 4.69) is 0 Å². The first kappa shape index (κ1) is 38.4. The molecule has 3 rings (SSSR count). The quantitative estimate of drug-likeness (QED) is 0.0395. The van der Waals surface area contributed by atoms with Crippen molar-refractivity contribution < 1.29 is 46.5 Å². The summed E-state index contributed by atoms with van der Waals surface area (Å²) in [6, 6.07) is 17.6. The molecule has 0 radical (unpaired) electrons. The van der Waals surface area contributed by atoms with Gasteiger partial charge >= 0.3 is 24.1 Å². The van der Waals surface area contributed by atoms with E-state index in [1.54, 1.807) is 60.7 Å². The number of halogens is 3. The number of benzene rings is 3. The number of anilines is 2. The molecule has 0 aliphatic heterocycles. The summed E-state index contributed by atoms with van der Waals surface area (Å²) >= 11 is 0. The normalized spacial score (nSPS) is 11.3. The highest BCUT2D eigenvalue weighted by molar-refractivity contribution is 5.92. The first-order chi connectivity index (χ1) is 23.5. The molecule has 0 unspecified atom stereocenters. The largest absolute Gasteiger partial charge is 0.494 e. The Morgan fingerprint density at radius 1 is 0.612 bits per heavy atom. The number of nitrogen functional groups attached to an aromatic ring is 2. The standard InChI is InChI=1S/C37H43F3N2O7/c38-37(39,40)20-6-5-9-21-46-32-17-13-28(14-18-32)36(45)49-33-15-10-27(11-16-33)12-19-34(43)47-22-7-3-1-2-4-8-23-48-35(44)29-24-30(41)26-31(42)25-29/h10-19,24-26H,1-9,20-23,41-42H2. The van der Waals surface area contributed by atoms with Crippen molar-refractivity contribution in [3.8, 4) is 11.5 Å². The Kier molecular flexibility index (Phi) is 16.0. The maximum atomic E-state index is 12.5. The molecule has 4 N–H and O–H groups in total. The molecule has 0 aromatic heterocycles. The maximum Gasteiger partial charge on any atom is 0.389 e. The van der Waals surface area contributed by atoms with Crippen LogP contribution < -0.4 is 20.9 Å². The summed E-state index contributed by atoms with van der Waals surface area (Å²) in [5, 5.41) is 0. The van der Waals surface area contributed by atoms with Crippen LogP contribution in [0, 0.1) is 0 Å². The number of carbonyl (C=O) groups is 3. The lowest BCUT2D eigenvalue weighted by molar-refractivity contribution is -0.138. The minimum absolute atomic E-state index is 0.0693. The fraction of sp³-hybridized carbons (Fsp3) is 0.378. The molecule has 0 atom stereocenters. The molecule has 49 heavy (non-hydrogen) atoms. The van der Waals surface area contributed by atoms with Crippen LogP contribution in [-0.4, -0.2) is 43.9 Å². The van der Waals surface area contributed by atoms with E-state index in [4.69, 9.17) is 30.4 Å². The molecule has 264 valence electrons. The van der Waals surface area contributed by atoms with Crippen molar-refractivity contribution >= 4 is 35.4 Å². The number of hydrogen-bond acceptors (Lipinski definition) is 9. The Morgan fingerprint density at radius 3 is 1.80 bits per heavy atom. The second kappa shape index (κ2) is 20.4. The summed E-state index contributed by atoms with van der Waals surface area (Å²) in [7, 11) is 0. The second-order valence-electron chi connectivity index (χ2n) is 11.4. The molecule has 0 bridgehead atoms. The summed E-state index contributed by atoms with van der Waals surface area (Å²) < 4.78 is 58.0. The molecule has 3 aromatic rings. The molecule has 0 saturated heterocycles. The Hall–Kier alpha value is -5.00. The van der Waals surface area contributed by atoms with Crippen LogP contribution in [0.5, 0.6) is 11.5 Å². The summed E-state index contributed by atoms with van der Waals surface area (Å²) in [6.45, 7) is 0.925. The van der Waals surface area contributed by atoms with Crippen molar-refractivity contribution in [3.05, 3.63) is 89.5 Å². The van der Waals surface area contributed by atoms with E-state index < -0.39 is 30.5 Å². The molecule has 0 fully saturated rings. The molecule has 0 heterocycles. The van der Waals surface area contributed by atoms with Crippen LogP contribution in [0.2, 0.25) is 0 Å². The number of esters is 3. The van der Waals surface area contributed by atoms with Gasteiger partial charge < -0.3 is 30.4 Å². The zero-order valence-corrected chi connectivity index (χ0v) is 27.3. The fourth-order valence-electron chi connectivity index (χ4n) is 4.63. The monoisotopic (exact) mass is 684 g/mol. The minimum atomic E-state index is -4.13. The van der Waals surface area contributed by atoms with Gasteiger partial charge in [0.05, 0.1) is 30.9 Å². The topological polar surface area (TPSA) is 140 Å². The number of hydrogen-bond donors (Lipinski definition) is 2. The van der Waals surface area contributed by atoms with Crippen molar-refractivity contribution in [3.63, 3.8) is 0 Å². The number of nitrogens with two attached hydrogens (primary N) is 2. The SMILES string of the molecule is Nc1cc(N)cc(C(=O)OCCCCCCCCOC(=O)C=Cc2ccc(OC(=O)c3ccc(OCCCCCC(F)(F)F)cc3)cc2)c1. The third-order valence-electron chi connectivity index (χ3n) is 7.20. The van der Waals surface area contributed by atoms with Crippen molar-refractivity contribution in [2.75, 3.05) is 31.3 Å². The lowest BCUT2D eigenvalue weighted by atomic mass is 10.1. The maximum absolute atomic E-state index is 12.5. The van der Waals surface area contributed by atoms with Crippen molar-refractivity contribution in [1.29, 1.82) is 0 Å². The zero-order chi connectivity index (χ0) is 35.5. The number of ether oxygens (including phenoxy) is 4. The molecule has 0 aliphatic rings. The smallest absolute Gasteiger partial charge is 0.389 e. The van der Waals surface area contributed by atoms with Gasteiger partial charge in [-0.15, -0.1) is 0 Å². The average Bonchev–Trinajstić information content (AvgIpc) is 3.06. The van der Waals surface area contributed by atoms with Crippen LogP contribution in [0.15, 0.2) is 72.8 Å². The first-order valence-electron chi connectivity index (χ1n) is 16.3. The molecule has 0 amide bonds. The van der Waals surface area contributed by atoms with Gasteiger partial charge in [-0.2, -0.15) is 13.2 Å². The molecule has 3 aromatic carbocycles. The molecular formula is C37H43F3N2O7. The fourth-order valence-corrected chi connectivity index (χ4v) is 4.63. The van der Waals surface area contributed by atoms with E-state index in [0.717, 1.165) is 44.1 Å². The summed E-state index contributed by atoms with van der Waals surface area (Å²) in [5.74, 6) is -0.622. The second-order valence-corrected chi connectivity index (χ2v) is 11.4. The van der Waals surface area contributed by atoms with Crippen molar-refractivity contribution in [2.45, 2.75) is 70.4 Å². The third kappa shape index (κ3) is 16.1. The minimum Gasteiger partial charge on any atom is -0.494 e. The lowest BCUT2D eigenvalue weighted by Crippen LogP contribution is -2.08. The van der Waals surface area contributed by atoms with E-state index >= 15 is 0 Å². The van der Waals surface area contributed by atoms with E-state index in [9.17, 15) is 27.6 Å². The highest BCUT2D eigenvalue weighted by atomic mass is 19.4. The van der Waals surface area contributed by atoms with Crippen LogP contribution in [-0.2, 0) is 14.3 Å². The number of carbonyl (C=O) groups excluding carboxylic acids is 3. The van der Waals surface area contributed by atoms with E-state index in [-0.39, 0.29) is 13.0 Å². The highest BCUT2D eigenvalue weighted by Crippen LogP contribution is 2.23. The van der Waals surface area contributed by atoms with Gasteiger partial charge in [0, 0.05) is 23.9 Å². The van der Waals surface area contributed by atoms with Gasteiger partial charge in [-0.1, -0.05) is 37.8 Å². The number of alkyl halides is 3. The number of unbranched alkanes of at least 4 members (excludes halogenated alkanes) is 7. The van der Waals surface area contributed by atoms with E-state index in [0.29, 0.717) is 60.1 Å².